The minimum atomic E-state index is 0. The maximum Gasteiger partial charge on any atom is 0.191 e. The van der Waals surface area contributed by atoms with Crippen LogP contribution in [0.4, 0.5) is 0 Å². The number of hydrogen-bond donors (Lipinski definition) is 2. The van der Waals surface area contributed by atoms with Crippen LogP contribution in [0.3, 0.4) is 0 Å². The Morgan fingerprint density at radius 1 is 1.20 bits per heavy atom. The predicted octanol–water partition coefficient (Wildman–Crippen LogP) is 3.53. The van der Waals surface area contributed by atoms with Crippen molar-refractivity contribution in [3.8, 4) is 5.75 Å². The summed E-state index contributed by atoms with van der Waals surface area (Å²) in [6, 6.07) is 13.3. The number of rotatable bonds is 7. The number of guanidine groups is 1. The zero-order valence-corrected chi connectivity index (χ0v) is 17.5. The van der Waals surface area contributed by atoms with Gasteiger partial charge in [0.25, 0.3) is 0 Å². The summed E-state index contributed by atoms with van der Waals surface area (Å²) in [4.78, 5) is 8.51. The molecule has 1 aromatic carbocycles. The SMILES string of the molecule is CN=C(NCCc1ccccn1)NCC(C)Oc1ccc(Cl)cc1.I. The molecule has 2 N–H and O–H groups in total. The third kappa shape index (κ3) is 8.40. The van der Waals surface area contributed by atoms with Crippen LogP contribution in [0.5, 0.6) is 5.75 Å². The average Bonchev–Trinajstić information content (AvgIpc) is 2.61. The van der Waals surface area contributed by atoms with E-state index in [1.54, 1.807) is 13.2 Å². The van der Waals surface area contributed by atoms with Gasteiger partial charge in [0.2, 0.25) is 0 Å². The van der Waals surface area contributed by atoms with Gasteiger partial charge in [0.05, 0.1) is 6.54 Å². The van der Waals surface area contributed by atoms with Gasteiger partial charge >= 0.3 is 0 Å². The Hall–Kier alpha value is -1.54. The van der Waals surface area contributed by atoms with Gasteiger partial charge in [0, 0.05) is 36.9 Å². The van der Waals surface area contributed by atoms with Gasteiger partial charge < -0.3 is 15.4 Å². The third-order valence-corrected chi connectivity index (χ3v) is 3.58. The zero-order chi connectivity index (χ0) is 17.2. The first-order valence-electron chi connectivity index (χ1n) is 7.94. The number of aliphatic imine (C=N–C) groups is 1. The van der Waals surface area contributed by atoms with Crippen molar-refractivity contribution in [2.75, 3.05) is 20.1 Å². The second kappa shape index (κ2) is 11.9. The van der Waals surface area contributed by atoms with Crippen LogP contribution >= 0.6 is 35.6 Å². The van der Waals surface area contributed by atoms with Gasteiger partial charge in [-0.3, -0.25) is 9.98 Å². The molecular formula is C18H24ClIN4O. The molecule has 136 valence electrons. The number of hydrogen-bond acceptors (Lipinski definition) is 3. The summed E-state index contributed by atoms with van der Waals surface area (Å²) in [7, 11) is 1.75. The summed E-state index contributed by atoms with van der Waals surface area (Å²) in [6.07, 6.45) is 2.65. The van der Waals surface area contributed by atoms with Gasteiger partial charge in [-0.2, -0.15) is 0 Å². The molecule has 1 atom stereocenters. The fraction of sp³-hybridized carbons (Fsp3) is 0.333. The first-order valence-corrected chi connectivity index (χ1v) is 8.32. The summed E-state index contributed by atoms with van der Waals surface area (Å²) in [5.41, 5.74) is 1.06. The van der Waals surface area contributed by atoms with E-state index in [1.807, 2.05) is 49.4 Å². The number of benzene rings is 1. The highest BCUT2D eigenvalue weighted by Crippen LogP contribution is 2.16. The molecule has 5 nitrogen and oxygen atoms in total. The molecular weight excluding hydrogens is 451 g/mol. The van der Waals surface area contributed by atoms with Crippen molar-refractivity contribution >= 4 is 41.5 Å². The van der Waals surface area contributed by atoms with E-state index >= 15 is 0 Å². The van der Waals surface area contributed by atoms with E-state index < -0.39 is 0 Å². The Bertz CT molecular complexity index is 637. The monoisotopic (exact) mass is 474 g/mol. The summed E-state index contributed by atoms with van der Waals surface area (Å²) >= 11 is 5.87. The van der Waals surface area contributed by atoms with E-state index in [4.69, 9.17) is 16.3 Å². The number of halogens is 2. The molecule has 0 aliphatic heterocycles. The lowest BCUT2D eigenvalue weighted by Crippen LogP contribution is -2.42. The van der Waals surface area contributed by atoms with Crippen LogP contribution < -0.4 is 15.4 Å². The highest BCUT2D eigenvalue weighted by Gasteiger charge is 2.06. The molecule has 0 fully saturated rings. The normalized spacial score (nSPS) is 12.0. The van der Waals surface area contributed by atoms with E-state index in [2.05, 4.69) is 20.6 Å². The minimum absolute atomic E-state index is 0. The van der Waals surface area contributed by atoms with Crippen molar-refractivity contribution in [1.29, 1.82) is 0 Å². The molecule has 0 spiro atoms. The van der Waals surface area contributed by atoms with Gasteiger partial charge in [-0.15, -0.1) is 24.0 Å². The molecule has 1 heterocycles. The van der Waals surface area contributed by atoms with Crippen molar-refractivity contribution < 1.29 is 4.74 Å². The fourth-order valence-electron chi connectivity index (χ4n) is 2.10. The van der Waals surface area contributed by atoms with Gasteiger partial charge in [-0.05, 0) is 43.3 Å². The van der Waals surface area contributed by atoms with Crippen LogP contribution in [-0.4, -0.2) is 37.2 Å². The Morgan fingerprint density at radius 3 is 2.60 bits per heavy atom. The highest BCUT2D eigenvalue weighted by atomic mass is 127. The lowest BCUT2D eigenvalue weighted by atomic mass is 10.3. The molecule has 1 aromatic heterocycles. The van der Waals surface area contributed by atoms with Crippen molar-refractivity contribution in [3.05, 3.63) is 59.4 Å². The number of aromatic nitrogens is 1. The topological polar surface area (TPSA) is 58.5 Å². The number of pyridine rings is 1. The second-order valence-electron chi connectivity index (χ2n) is 5.33. The Kier molecular flexibility index (Phi) is 10.3. The van der Waals surface area contributed by atoms with Crippen molar-refractivity contribution in [2.45, 2.75) is 19.4 Å². The molecule has 0 radical (unpaired) electrons. The van der Waals surface area contributed by atoms with E-state index in [9.17, 15) is 0 Å². The van der Waals surface area contributed by atoms with Gasteiger partial charge in [-0.1, -0.05) is 17.7 Å². The first kappa shape index (κ1) is 21.5. The van der Waals surface area contributed by atoms with Crippen molar-refractivity contribution in [3.63, 3.8) is 0 Å². The van der Waals surface area contributed by atoms with Crippen LogP contribution in [0.25, 0.3) is 0 Å². The lowest BCUT2D eigenvalue weighted by molar-refractivity contribution is 0.224. The first-order chi connectivity index (χ1) is 11.7. The third-order valence-electron chi connectivity index (χ3n) is 3.33. The molecule has 0 saturated heterocycles. The van der Waals surface area contributed by atoms with Crippen molar-refractivity contribution in [2.24, 2.45) is 4.99 Å². The molecule has 0 amide bonds. The summed E-state index contributed by atoms with van der Waals surface area (Å²) in [6.45, 7) is 3.41. The Morgan fingerprint density at radius 2 is 1.96 bits per heavy atom. The standard InChI is InChI=1S/C18H23ClN4O.HI/c1-14(24-17-8-6-15(19)7-9-17)13-23-18(20-2)22-12-10-16-5-3-4-11-21-16;/h3-9,11,14H,10,12-13H2,1-2H3,(H2,20,22,23);1H. The van der Waals surface area contributed by atoms with Crippen LogP contribution in [0.2, 0.25) is 5.02 Å². The summed E-state index contributed by atoms with van der Waals surface area (Å²) in [5, 5.41) is 7.22. The van der Waals surface area contributed by atoms with Crippen LogP contribution in [0.1, 0.15) is 12.6 Å². The second-order valence-corrected chi connectivity index (χ2v) is 5.77. The van der Waals surface area contributed by atoms with Gasteiger partial charge in [-0.25, -0.2) is 0 Å². The molecule has 25 heavy (non-hydrogen) atoms. The highest BCUT2D eigenvalue weighted by molar-refractivity contribution is 14.0. The molecule has 2 aromatic rings. The Labute approximate surface area is 171 Å². The van der Waals surface area contributed by atoms with Gasteiger partial charge in [0.1, 0.15) is 11.9 Å². The van der Waals surface area contributed by atoms with E-state index in [0.29, 0.717) is 11.6 Å². The Balaban J connectivity index is 0.00000312. The van der Waals surface area contributed by atoms with Crippen LogP contribution in [0.15, 0.2) is 53.7 Å². The molecule has 2 rings (SSSR count). The minimum Gasteiger partial charge on any atom is -0.489 e. The maximum atomic E-state index is 5.87. The number of nitrogens with zero attached hydrogens (tertiary/aromatic N) is 2. The van der Waals surface area contributed by atoms with Gasteiger partial charge in [0.15, 0.2) is 5.96 Å². The fourth-order valence-corrected chi connectivity index (χ4v) is 2.23. The molecule has 0 bridgehead atoms. The smallest absolute Gasteiger partial charge is 0.191 e. The number of ether oxygens (including phenoxy) is 1. The number of nitrogens with one attached hydrogen (secondary N) is 2. The largest absolute Gasteiger partial charge is 0.489 e. The molecule has 7 heteroatoms. The molecule has 0 aliphatic rings. The maximum absolute atomic E-state index is 5.87. The quantitative estimate of drug-likeness (QED) is 0.366. The van der Waals surface area contributed by atoms with Crippen LogP contribution in [0, 0.1) is 0 Å². The lowest BCUT2D eigenvalue weighted by Gasteiger charge is -2.17. The molecule has 1 unspecified atom stereocenters. The molecule has 0 aliphatic carbocycles. The van der Waals surface area contributed by atoms with Crippen LogP contribution in [-0.2, 0) is 6.42 Å². The van der Waals surface area contributed by atoms with Crippen molar-refractivity contribution in [1.82, 2.24) is 15.6 Å². The predicted molar refractivity (Wildman–Crippen MR) is 114 cm³/mol. The average molecular weight is 475 g/mol. The summed E-state index contributed by atoms with van der Waals surface area (Å²) in [5.74, 6) is 1.55. The van der Waals surface area contributed by atoms with E-state index in [0.717, 1.165) is 30.4 Å². The summed E-state index contributed by atoms with van der Waals surface area (Å²) < 4.78 is 5.82. The van der Waals surface area contributed by atoms with E-state index in [-0.39, 0.29) is 30.1 Å². The zero-order valence-electron chi connectivity index (χ0n) is 14.4. The molecule has 0 saturated carbocycles. The van der Waals surface area contributed by atoms with E-state index in [1.165, 1.54) is 0 Å².